The number of nitrogens with zero attached hydrogens (tertiary/aromatic N) is 2. The highest BCUT2D eigenvalue weighted by molar-refractivity contribution is 5.83. The van der Waals surface area contributed by atoms with Crippen LogP contribution in [0.4, 0.5) is 4.39 Å². The molecule has 0 amide bonds. The predicted octanol–water partition coefficient (Wildman–Crippen LogP) is 3.14. The van der Waals surface area contributed by atoms with Crippen LogP contribution >= 0.6 is 0 Å². The number of likely N-dealkylation sites (tertiary alicyclic amines) is 1. The summed E-state index contributed by atoms with van der Waals surface area (Å²) in [6.07, 6.45) is 6.59. The van der Waals surface area contributed by atoms with Gasteiger partial charge in [0.15, 0.2) is 5.96 Å². The highest BCUT2D eigenvalue weighted by Gasteiger charge is 2.18. The molecule has 0 spiro atoms. The first-order valence-corrected chi connectivity index (χ1v) is 10.1. The van der Waals surface area contributed by atoms with Crippen LogP contribution in [0, 0.1) is 11.7 Å². The third-order valence-corrected chi connectivity index (χ3v) is 5.45. The van der Waals surface area contributed by atoms with Gasteiger partial charge < -0.3 is 20.5 Å². The van der Waals surface area contributed by atoms with Crippen LogP contribution < -0.4 is 10.6 Å². The van der Waals surface area contributed by atoms with Gasteiger partial charge in [-0.3, -0.25) is 4.99 Å². The zero-order chi connectivity index (χ0) is 19.1. The number of guanidine groups is 1. The van der Waals surface area contributed by atoms with Gasteiger partial charge in [-0.1, -0.05) is 6.92 Å². The summed E-state index contributed by atoms with van der Waals surface area (Å²) in [5, 5.41) is 7.95. The third kappa shape index (κ3) is 5.45. The normalized spacial score (nSPS) is 16.8. The molecule has 1 aliphatic rings. The van der Waals surface area contributed by atoms with E-state index in [1.165, 1.54) is 50.5 Å². The number of rotatable bonds is 7. The number of nitrogens with one attached hydrogen (secondary N) is 3. The van der Waals surface area contributed by atoms with E-state index in [0.29, 0.717) is 0 Å². The standard InChI is InChI=1S/C21H32FN5/c1-3-10-27-11-7-16(8-12-27)14-26-21(23-2)24-9-6-17-15-25-20-13-18(22)4-5-19(17)20/h4-5,13,15-16,25H,3,6-12,14H2,1-2H3,(H2,23,24,26). The lowest BCUT2D eigenvalue weighted by Gasteiger charge is -2.32. The first kappa shape index (κ1) is 19.7. The molecule has 1 aromatic heterocycles. The van der Waals surface area contributed by atoms with E-state index in [9.17, 15) is 4.39 Å². The van der Waals surface area contributed by atoms with E-state index in [-0.39, 0.29) is 5.82 Å². The van der Waals surface area contributed by atoms with E-state index in [4.69, 9.17) is 0 Å². The van der Waals surface area contributed by atoms with Gasteiger partial charge >= 0.3 is 0 Å². The zero-order valence-electron chi connectivity index (χ0n) is 16.5. The molecule has 0 aliphatic carbocycles. The number of benzene rings is 1. The van der Waals surface area contributed by atoms with E-state index in [0.717, 1.165) is 42.3 Å². The molecule has 27 heavy (non-hydrogen) atoms. The lowest BCUT2D eigenvalue weighted by Crippen LogP contribution is -2.43. The first-order chi connectivity index (χ1) is 13.2. The van der Waals surface area contributed by atoms with Gasteiger partial charge in [0.1, 0.15) is 5.82 Å². The molecule has 148 valence electrons. The highest BCUT2D eigenvalue weighted by atomic mass is 19.1. The number of aliphatic imine (C=N–C) groups is 1. The van der Waals surface area contributed by atoms with Gasteiger partial charge in [0.25, 0.3) is 0 Å². The van der Waals surface area contributed by atoms with Gasteiger partial charge in [-0.15, -0.1) is 0 Å². The van der Waals surface area contributed by atoms with Gasteiger partial charge in [0.05, 0.1) is 0 Å². The summed E-state index contributed by atoms with van der Waals surface area (Å²) < 4.78 is 13.3. The Hall–Kier alpha value is -2.08. The van der Waals surface area contributed by atoms with Crippen molar-refractivity contribution in [3.8, 4) is 0 Å². The molecule has 6 heteroatoms. The van der Waals surface area contributed by atoms with Gasteiger partial charge in [-0.25, -0.2) is 4.39 Å². The van der Waals surface area contributed by atoms with E-state index in [2.05, 4.69) is 32.4 Å². The molecule has 3 rings (SSSR count). The Bertz CT molecular complexity index is 746. The maximum atomic E-state index is 13.3. The second kappa shape index (κ2) is 9.74. The number of aromatic amines is 1. The Kier molecular flexibility index (Phi) is 7.10. The minimum atomic E-state index is -0.209. The molecule has 1 fully saturated rings. The number of piperidine rings is 1. The molecule has 1 aliphatic heterocycles. The molecule has 2 heterocycles. The Morgan fingerprint density at radius 2 is 2.11 bits per heavy atom. The summed E-state index contributed by atoms with van der Waals surface area (Å²) in [4.78, 5) is 10.0. The van der Waals surface area contributed by atoms with Crippen LogP contribution in [0.1, 0.15) is 31.7 Å². The zero-order valence-corrected chi connectivity index (χ0v) is 16.5. The van der Waals surface area contributed by atoms with Crippen molar-refractivity contribution in [1.29, 1.82) is 0 Å². The minimum Gasteiger partial charge on any atom is -0.361 e. The molecular weight excluding hydrogens is 341 g/mol. The first-order valence-electron chi connectivity index (χ1n) is 10.1. The van der Waals surface area contributed by atoms with Crippen LogP contribution in [0.2, 0.25) is 0 Å². The quantitative estimate of drug-likeness (QED) is 0.516. The van der Waals surface area contributed by atoms with Crippen molar-refractivity contribution >= 4 is 16.9 Å². The monoisotopic (exact) mass is 373 g/mol. The second-order valence-corrected chi connectivity index (χ2v) is 7.42. The van der Waals surface area contributed by atoms with E-state index in [1.54, 1.807) is 6.07 Å². The fourth-order valence-electron chi connectivity index (χ4n) is 3.87. The molecule has 0 saturated carbocycles. The molecule has 5 nitrogen and oxygen atoms in total. The van der Waals surface area contributed by atoms with E-state index >= 15 is 0 Å². The summed E-state index contributed by atoms with van der Waals surface area (Å²) in [5.74, 6) is 1.37. The van der Waals surface area contributed by atoms with Crippen molar-refractivity contribution in [2.75, 3.05) is 39.8 Å². The Labute approximate surface area is 161 Å². The Morgan fingerprint density at radius 3 is 2.85 bits per heavy atom. The fourth-order valence-corrected chi connectivity index (χ4v) is 3.87. The van der Waals surface area contributed by atoms with Crippen molar-refractivity contribution in [3.05, 3.63) is 35.8 Å². The number of hydrogen-bond donors (Lipinski definition) is 3. The molecule has 1 aromatic carbocycles. The molecule has 3 N–H and O–H groups in total. The molecule has 1 saturated heterocycles. The van der Waals surface area contributed by atoms with Crippen LogP contribution in [0.15, 0.2) is 29.4 Å². The molecular formula is C21H32FN5. The summed E-state index contributed by atoms with van der Waals surface area (Å²) in [6, 6.07) is 4.90. The summed E-state index contributed by atoms with van der Waals surface area (Å²) in [7, 11) is 1.81. The number of fused-ring (bicyclic) bond motifs is 1. The molecule has 0 bridgehead atoms. The predicted molar refractivity (Wildman–Crippen MR) is 111 cm³/mol. The fraction of sp³-hybridized carbons (Fsp3) is 0.571. The SMILES string of the molecule is CCCN1CCC(CNC(=NC)NCCc2c[nH]c3cc(F)ccc23)CC1. The summed E-state index contributed by atoms with van der Waals surface area (Å²) in [5.41, 5.74) is 2.04. The van der Waals surface area contributed by atoms with Crippen molar-refractivity contribution in [1.82, 2.24) is 20.5 Å². The average Bonchev–Trinajstić information content (AvgIpc) is 3.08. The molecule has 0 unspecified atom stereocenters. The lowest BCUT2D eigenvalue weighted by atomic mass is 9.97. The summed E-state index contributed by atoms with van der Waals surface area (Å²) in [6.45, 7) is 7.67. The van der Waals surface area contributed by atoms with Crippen molar-refractivity contribution in [2.45, 2.75) is 32.6 Å². The average molecular weight is 374 g/mol. The van der Waals surface area contributed by atoms with Crippen LogP contribution in [-0.2, 0) is 6.42 Å². The highest BCUT2D eigenvalue weighted by Crippen LogP contribution is 2.19. The van der Waals surface area contributed by atoms with E-state index in [1.807, 2.05) is 19.3 Å². The number of H-pyrrole nitrogens is 1. The van der Waals surface area contributed by atoms with Gasteiger partial charge in [-0.05, 0) is 75.0 Å². The molecule has 2 aromatic rings. The van der Waals surface area contributed by atoms with Crippen LogP contribution in [0.25, 0.3) is 10.9 Å². The third-order valence-electron chi connectivity index (χ3n) is 5.45. The minimum absolute atomic E-state index is 0.209. The van der Waals surface area contributed by atoms with Gasteiger partial charge in [-0.2, -0.15) is 0 Å². The van der Waals surface area contributed by atoms with Crippen molar-refractivity contribution in [3.63, 3.8) is 0 Å². The molecule has 0 radical (unpaired) electrons. The van der Waals surface area contributed by atoms with Crippen molar-refractivity contribution < 1.29 is 4.39 Å². The maximum Gasteiger partial charge on any atom is 0.190 e. The van der Waals surface area contributed by atoms with Crippen molar-refractivity contribution in [2.24, 2.45) is 10.9 Å². The lowest BCUT2D eigenvalue weighted by molar-refractivity contribution is 0.185. The van der Waals surface area contributed by atoms with Crippen LogP contribution in [0.3, 0.4) is 0 Å². The Morgan fingerprint density at radius 1 is 1.30 bits per heavy atom. The smallest absolute Gasteiger partial charge is 0.190 e. The number of halogens is 1. The van der Waals surface area contributed by atoms with E-state index < -0.39 is 0 Å². The summed E-state index contributed by atoms with van der Waals surface area (Å²) >= 11 is 0. The van der Waals surface area contributed by atoms with Gasteiger partial charge in [0, 0.05) is 37.2 Å². The van der Waals surface area contributed by atoms with Crippen LogP contribution in [0.5, 0.6) is 0 Å². The van der Waals surface area contributed by atoms with Gasteiger partial charge in [0.2, 0.25) is 0 Å². The maximum absolute atomic E-state index is 13.3. The topological polar surface area (TPSA) is 55.4 Å². The Balaban J connectivity index is 1.40. The van der Waals surface area contributed by atoms with Crippen LogP contribution in [-0.4, -0.2) is 55.6 Å². The largest absolute Gasteiger partial charge is 0.361 e. The second-order valence-electron chi connectivity index (χ2n) is 7.42. The molecule has 0 atom stereocenters. The number of hydrogen-bond acceptors (Lipinski definition) is 2. The number of aromatic nitrogens is 1.